The number of aromatic nitrogens is 3. The number of nitrogens with two attached hydrogens (primary N) is 1. The number of hydrogen-bond donors (Lipinski definition) is 3. The number of methoxy groups -OCH3 is 1. The number of anilines is 2. The molecular formula is C11H10FN5O3. The summed E-state index contributed by atoms with van der Waals surface area (Å²) in [4.78, 5) is 26.7. The number of esters is 1. The Morgan fingerprint density at radius 1 is 1.45 bits per heavy atom. The van der Waals surface area contributed by atoms with Gasteiger partial charge in [-0.15, -0.1) is 5.10 Å². The molecule has 0 aliphatic carbocycles. The zero-order chi connectivity index (χ0) is 14.7. The van der Waals surface area contributed by atoms with Crippen molar-refractivity contribution in [1.29, 1.82) is 0 Å². The predicted octanol–water partition coefficient (Wildman–Crippen LogP) is 0.565. The van der Waals surface area contributed by atoms with Crippen LogP contribution >= 0.6 is 0 Å². The maximum atomic E-state index is 13.6. The lowest BCUT2D eigenvalue weighted by Gasteiger charge is -2.06. The van der Waals surface area contributed by atoms with E-state index in [2.05, 4.69) is 25.2 Å². The van der Waals surface area contributed by atoms with Gasteiger partial charge in [0.25, 0.3) is 5.91 Å². The molecule has 0 atom stereocenters. The lowest BCUT2D eigenvalue weighted by atomic mass is 10.2. The number of hydrogen-bond acceptors (Lipinski definition) is 6. The van der Waals surface area contributed by atoms with Gasteiger partial charge in [0.15, 0.2) is 0 Å². The Balaban J connectivity index is 2.24. The van der Waals surface area contributed by atoms with Gasteiger partial charge in [-0.1, -0.05) is 0 Å². The molecule has 0 aliphatic rings. The van der Waals surface area contributed by atoms with E-state index < -0.39 is 17.7 Å². The molecule has 8 nitrogen and oxygen atoms in total. The first-order valence-corrected chi connectivity index (χ1v) is 5.38. The van der Waals surface area contributed by atoms with Crippen LogP contribution in [0.2, 0.25) is 0 Å². The molecule has 104 valence electrons. The lowest BCUT2D eigenvalue weighted by Crippen LogP contribution is -2.15. The number of amides is 1. The molecule has 1 amide bonds. The van der Waals surface area contributed by atoms with Crippen molar-refractivity contribution in [3.8, 4) is 0 Å². The molecule has 2 rings (SSSR count). The average molecular weight is 279 g/mol. The van der Waals surface area contributed by atoms with E-state index in [0.717, 1.165) is 12.1 Å². The quantitative estimate of drug-likeness (QED) is 0.705. The Bertz CT molecular complexity index is 670. The van der Waals surface area contributed by atoms with E-state index in [0.29, 0.717) is 0 Å². The van der Waals surface area contributed by atoms with Gasteiger partial charge in [0.1, 0.15) is 5.82 Å². The number of nitrogen functional groups attached to an aromatic ring is 1. The summed E-state index contributed by atoms with van der Waals surface area (Å²) in [6, 6.07) is 3.43. The maximum absolute atomic E-state index is 13.6. The molecular weight excluding hydrogens is 269 g/mol. The number of nitrogens with one attached hydrogen (secondary N) is 2. The number of ether oxygens (including phenoxy) is 1. The predicted molar refractivity (Wildman–Crippen MR) is 66.5 cm³/mol. The SMILES string of the molecule is COC(=O)c1ccc(F)c(NC(=O)c2nc(N)n[nH]2)c1. The van der Waals surface area contributed by atoms with Crippen molar-refractivity contribution in [2.45, 2.75) is 0 Å². The van der Waals surface area contributed by atoms with Crippen LogP contribution in [-0.4, -0.2) is 34.2 Å². The minimum atomic E-state index is -0.741. The maximum Gasteiger partial charge on any atom is 0.337 e. The minimum Gasteiger partial charge on any atom is -0.465 e. The van der Waals surface area contributed by atoms with Crippen LogP contribution in [0.1, 0.15) is 21.0 Å². The van der Waals surface area contributed by atoms with Crippen molar-refractivity contribution in [3.05, 3.63) is 35.4 Å². The summed E-state index contributed by atoms with van der Waals surface area (Å²) in [5.74, 6) is -2.39. The second kappa shape index (κ2) is 5.34. The third-order valence-electron chi connectivity index (χ3n) is 2.35. The summed E-state index contributed by atoms with van der Waals surface area (Å²) in [6.45, 7) is 0. The molecule has 0 saturated carbocycles. The normalized spacial score (nSPS) is 10.1. The summed E-state index contributed by atoms with van der Waals surface area (Å²) in [7, 11) is 1.20. The topological polar surface area (TPSA) is 123 Å². The van der Waals surface area contributed by atoms with Gasteiger partial charge in [0, 0.05) is 0 Å². The number of nitrogens with zero attached hydrogens (tertiary/aromatic N) is 2. The van der Waals surface area contributed by atoms with Crippen LogP contribution in [0.4, 0.5) is 16.0 Å². The number of aromatic amines is 1. The van der Waals surface area contributed by atoms with E-state index >= 15 is 0 Å². The zero-order valence-corrected chi connectivity index (χ0v) is 10.3. The third-order valence-corrected chi connectivity index (χ3v) is 2.35. The van der Waals surface area contributed by atoms with Crippen molar-refractivity contribution in [2.24, 2.45) is 0 Å². The first-order chi connectivity index (χ1) is 9.51. The summed E-state index contributed by atoms with van der Waals surface area (Å²) in [5.41, 5.74) is 5.16. The zero-order valence-electron chi connectivity index (χ0n) is 10.3. The molecule has 9 heteroatoms. The van der Waals surface area contributed by atoms with Gasteiger partial charge in [0.05, 0.1) is 18.4 Å². The van der Waals surface area contributed by atoms with Crippen molar-refractivity contribution in [2.75, 3.05) is 18.2 Å². The van der Waals surface area contributed by atoms with E-state index in [1.54, 1.807) is 0 Å². The molecule has 20 heavy (non-hydrogen) atoms. The van der Waals surface area contributed by atoms with E-state index in [1.807, 2.05) is 0 Å². The van der Waals surface area contributed by atoms with Crippen LogP contribution in [0.5, 0.6) is 0 Å². The standard InChI is InChI=1S/C11H10FN5O3/c1-20-10(19)5-2-3-6(12)7(4-5)14-9(18)8-15-11(13)17-16-8/h2-4H,1H3,(H,14,18)(H3,13,15,16,17). The number of carbonyl (C=O) groups excluding carboxylic acids is 2. The first-order valence-electron chi connectivity index (χ1n) is 5.38. The molecule has 4 N–H and O–H groups in total. The number of carbonyl (C=O) groups is 2. The van der Waals surface area contributed by atoms with Crippen LogP contribution in [-0.2, 0) is 4.74 Å². The number of rotatable bonds is 3. The number of benzene rings is 1. The van der Waals surface area contributed by atoms with Crippen LogP contribution < -0.4 is 11.1 Å². The Labute approximate surface area is 112 Å². The second-order valence-corrected chi connectivity index (χ2v) is 3.68. The van der Waals surface area contributed by atoms with Crippen molar-refractivity contribution in [1.82, 2.24) is 15.2 Å². The van der Waals surface area contributed by atoms with Gasteiger partial charge in [0.2, 0.25) is 11.8 Å². The molecule has 0 bridgehead atoms. The minimum absolute atomic E-state index is 0.0984. The third kappa shape index (κ3) is 2.71. The van der Waals surface area contributed by atoms with Crippen LogP contribution in [0.25, 0.3) is 0 Å². The van der Waals surface area contributed by atoms with Gasteiger partial charge < -0.3 is 15.8 Å². The van der Waals surface area contributed by atoms with Gasteiger partial charge in [-0.25, -0.2) is 9.18 Å². The van der Waals surface area contributed by atoms with E-state index in [9.17, 15) is 14.0 Å². The molecule has 1 aromatic heterocycles. The number of halogens is 1. The van der Waals surface area contributed by atoms with Crippen LogP contribution in [0.15, 0.2) is 18.2 Å². The molecule has 1 aromatic carbocycles. The van der Waals surface area contributed by atoms with Crippen molar-refractivity contribution >= 4 is 23.5 Å². The van der Waals surface area contributed by atoms with Gasteiger partial charge in [-0.3, -0.25) is 9.89 Å². The van der Waals surface area contributed by atoms with Gasteiger partial charge >= 0.3 is 5.97 Å². The highest BCUT2D eigenvalue weighted by molar-refractivity contribution is 6.02. The summed E-state index contributed by atoms with van der Waals surface area (Å²) in [6.07, 6.45) is 0. The van der Waals surface area contributed by atoms with E-state index in [-0.39, 0.29) is 23.0 Å². The molecule has 0 radical (unpaired) electrons. The highest BCUT2D eigenvalue weighted by atomic mass is 19.1. The second-order valence-electron chi connectivity index (χ2n) is 3.68. The Hall–Kier alpha value is -2.97. The largest absolute Gasteiger partial charge is 0.465 e. The highest BCUT2D eigenvalue weighted by Gasteiger charge is 2.15. The van der Waals surface area contributed by atoms with Crippen molar-refractivity contribution in [3.63, 3.8) is 0 Å². The molecule has 2 aromatic rings. The lowest BCUT2D eigenvalue weighted by molar-refractivity contribution is 0.0600. The Morgan fingerprint density at radius 3 is 2.80 bits per heavy atom. The molecule has 0 fully saturated rings. The van der Waals surface area contributed by atoms with Gasteiger partial charge in [-0.2, -0.15) is 4.98 Å². The summed E-state index contributed by atoms with van der Waals surface area (Å²) >= 11 is 0. The molecule has 0 unspecified atom stereocenters. The Morgan fingerprint density at radius 2 is 2.20 bits per heavy atom. The van der Waals surface area contributed by atoms with Crippen LogP contribution in [0, 0.1) is 5.82 Å². The smallest absolute Gasteiger partial charge is 0.337 e. The molecule has 1 heterocycles. The summed E-state index contributed by atoms with van der Waals surface area (Å²) in [5, 5.41) is 8.00. The highest BCUT2D eigenvalue weighted by Crippen LogP contribution is 2.17. The molecule has 0 saturated heterocycles. The fourth-order valence-electron chi connectivity index (χ4n) is 1.42. The molecule has 0 aliphatic heterocycles. The first kappa shape index (κ1) is 13.5. The van der Waals surface area contributed by atoms with Gasteiger partial charge in [-0.05, 0) is 18.2 Å². The summed E-state index contributed by atoms with van der Waals surface area (Å²) < 4.78 is 18.1. The monoisotopic (exact) mass is 279 g/mol. The Kier molecular flexibility index (Phi) is 3.60. The average Bonchev–Trinajstić information content (AvgIpc) is 2.87. The van der Waals surface area contributed by atoms with E-state index in [1.165, 1.54) is 13.2 Å². The van der Waals surface area contributed by atoms with Crippen LogP contribution in [0.3, 0.4) is 0 Å². The fourth-order valence-corrected chi connectivity index (χ4v) is 1.42. The fraction of sp³-hybridized carbons (Fsp3) is 0.0909. The molecule has 0 spiro atoms. The number of H-pyrrole nitrogens is 1. The van der Waals surface area contributed by atoms with E-state index in [4.69, 9.17) is 5.73 Å². The van der Waals surface area contributed by atoms with Crippen molar-refractivity contribution < 1.29 is 18.7 Å².